The van der Waals surface area contributed by atoms with Crippen molar-refractivity contribution in [3.8, 4) is 6.07 Å². The molecule has 1 aromatic rings. The van der Waals surface area contributed by atoms with E-state index < -0.39 is 0 Å². The first kappa shape index (κ1) is 11.5. The van der Waals surface area contributed by atoms with E-state index in [1.165, 1.54) is 0 Å². The van der Waals surface area contributed by atoms with E-state index in [1.54, 1.807) is 0 Å². The second kappa shape index (κ2) is 6.05. The van der Waals surface area contributed by atoms with Crippen LogP contribution in [0.2, 0.25) is 0 Å². The fraction of sp³-hybridized carbons (Fsp3) is 0.417. The van der Waals surface area contributed by atoms with Crippen molar-refractivity contribution in [3.05, 3.63) is 29.8 Å². The minimum absolute atomic E-state index is 0.469. The normalized spacial score (nSPS) is 11.8. The van der Waals surface area contributed by atoms with E-state index in [2.05, 4.69) is 18.3 Å². The maximum Gasteiger partial charge on any atom is 0.101 e. The maximum absolute atomic E-state index is 8.88. The smallest absolute Gasteiger partial charge is 0.101 e. The molecule has 1 atom stereocenters. The summed E-state index contributed by atoms with van der Waals surface area (Å²) >= 11 is 0. The number of nitrogens with zero attached hydrogens (tertiary/aromatic N) is 1. The molecule has 3 N–H and O–H groups in total. The molecule has 15 heavy (non-hydrogen) atoms. The van der Waals surface area contributed by atoms with Crippen molar-refractivity contribution in [2.75, 3.05) is 18.4 Å². The number of nitriles is 1. The summed E-state index contributed by atoms with van der Waals surface area (Å²) in [6.45, 7) is 3.62. The van der Waals surface area contributed by atoms with E-state index >= 15 is 0 Å². The SMILES string of the molecule is CCC(CN)CNc1ccccc1C#N. The van der Waals surface area contributed by atoms with Gasteiger partial charge in [-0.05, 0) is 24.6 Å². The number of hydrogen-bond acceptors (Lipinski definition) is 3. The molecule has 0 saturated heterocycles. The van der Waals surface area contributed by atoms with Gasteiger partial charge in [0.25, 0.3) is 0 Å². The van der Waals surface area contributed by atoms with Crippen molar-refractivity contribution >= 4 is 5.69 Å². The lowest BCUT2D eigenvalue weighted by Gasteiger charge is -2.14. The lowest BCUT2D eigenvalue weighted by molar-refractivity contribution is 0.548. The largest absolute Gasteiger partial charge is 0.384 e. The minimum atomic E-state index is 0.469. The van der Waals surface area contributed by atoms with Crippen LogP contribution in [0.5, 0.6) is 0 Å². The molecule has 0 heterocycles. The number of benzene rings is 1. The third-order valence-corrected chi connectivity index (χ3v) is 2.54. The highest BCUT2D eigenvalue weighted by Crippen LogP contribution is 2.14. The Bertz CT molecular complexity index is 337. The summed E-state index contributed by atoms with van der Waals surface area (Å²) < 4.78 is 0. The molecular formula is C12H17N3. The Morgan fingerprint density at radius 2 is 2.20 bits per heavy atom. The molecule has 0 bridgehead atoms. The van der Waals surface area contributed by atoms with E-state index in [0.29, 0.717) is 18.0 Å². The van der Waals surface area contributed by atoms with Gasteiger partial charge in [-0.1, -0.05) is 25.5 Å². The maximum atomic E-state index is 8.88. The van der Waals surface area contributed by atoms with Gasteiger partial charge in [-0.15, -0.1) is 0 Å². The average Bonchev–Trinajstić information content (AvgIpc) is 2.31. The van der Waals surface area contributed by atoms with Crippen molar-refractivity contribution in [2.24, 2.45) is 11.7 Å². The Labute approximate surface area is 90.9 Å². The Morgan fingerprint density at radius 3 is 2.80 bits per heavy atom. The number of para-hydroxylation sites is 1. The molecule has 0 aliphatic carbocycles. The Hall–Kier alpha value is -1.53. The van der Waals surface area contributed by atoms with E-state index in [4.69, 9.17) is 11.0 Å². The summed E-state index contributed by atoms with van der Waals surface area (Å²) in [6.07, 6.45) is 1.05. The molecule has 3 heteroatoms. The zero-order valence-corrected chi connectivity index (χ0v) is 9.03. The van der Waals surface area contributed by atoms with Crippen molar-refractivity contribution in [1.82, 2.24) is 0 Å². The standard InChI is InChI=1S/C12H17N3/c1-2-10(7-13)9-15-12-6-4-3-5-11(12)8-14/h3-6,10,15H,2,7,9,13H2,1H3. The summed E-state index contributed by atoms with van der Waals surface area (Å²) in [5, 5.41) is 12.1. The summed E-state index contributed by atoms with van der Waals surface area (Å²) in [4.78, 5) is 0. The van der Waals surface area contributed by atoms with E-state index in [9.17, 15) is 0 Å². The molecule has 0 spiro atoms. The zero-order chi connectivity index (χ0) is 11.1. The van der Waals surface area contributed by atoms with Gasteiger partial charge < -0.3 is 11.1 Å². The van der Waals surface area contributed by atoms with Gasteiger partial charge in [0.15, 0.2) is 0 Å². The van der Waals surface area contributed by atoms with Crippen LogP contribution >= 0.6 is 0 Å². The highest BCUT2D eigenvalue weighted by atomic mass is 14.9. The molecule has 0 fully saturated rings. The molecule has 0 amide bonds. The topological polar surface area (TPSA) is 61.8 Å². The van der Waals surface area contributed by atoms with Gasteiger partial charge in [-0.25, -0.2) is 0 Å². The van der Waals surface area contributed by atoms with Crippen LogP contribution in [0.15, 0.2) is 24.3 Å². The van der Waals surface area contributed by atoms with Gasteiger partial charge in [0.05, 0.1) is 11.3 Å². The zero-order valence-electron chi connectivity index (χ0n) is 9.03. The van der Waals surface area contributed by atoms with E-state index in [-0.39, 0.29) is 0 Å². The summed E-state index contributed by atoms with van der Waals surface area (Å²) in [7, 11) is 0. The highest BCUT2D eigenvalue weighted by molar-refractivity contribution is 5.57. The number of hydrogen-bond donors (Lipinski definition) is 2. The fourth-order valence-electron chi connectivity index (χ4n) is 1.38. The molecule has 1 aromatic carbocycles. The Balaban J connectivity index is 2.61. The lowest BCUT2D eigenvalue weighted by atomic mass is 10.1. The highest BCUT2D eigenvalue weighted by Gasteiger charge is 2.05. The van der Waals surface area contributed by atoms with Crippen LogP contribution in [0.4, 0.5) is 5.69 Å². The first-order valence-electron chi connectivity index (χ1n) is 5.24. The van der Waals surface area contributed by atoms with E-state index in [1.807, 2.05) is 24.3 Å². The minimum Gasteiger partial charge on any atom is -0.384 e. The third kappa shape index (κ3) is 3.26. The predicted octanol–water partition coefficient (Wildman–Crippen LogP) is 1.96. The second-order valence-corrected chi connectivity index (χ2v) is 3.55. The van der Waals surface area contributed by atoms with Gasteiger partial charge in [-0.2, -0.15) is 5.26 Å². The molecule has 0 aliphatic rings. The quantitative estimate of drug-likeness (QED) is 0.769. The van der Waals surface area contributed by atoms with Crippen LogP contribution in [0.3, 0.4) is 0 Å². The molecule has 0 aromatic heterocycles. The van der Waals surface area contributed by atoms with Crippen LogP contribution in [-0.4, -0.2) is 13.1 Å². The van der Waals surface area contributed by atoms with Crippen molar-refractivity contribution in [3.63, 3.8) is 0 Å². The lowest BCUT2D eigenvalue weighted by Crippen LogP contribution is -2.22. The molecule has 80 valence electrons. The molecule has 1 rings (SSSR count). The molecule has 0 aliphatic heterocycles. The van der Waals surface area contributed by atoms with Crippen LogP contribution in [0.1, 0.15) is 18.9 Å². The van der Waals surface area contributed by atoms with Gasteiger partial charge in [0, 0.05) is 6.54 Å². The fourth-order valence-corrected chi connectivity index (χ4v) is 1.38. The summed E-state index contributed by atoms with van der Waals surface area (Å²) in [5.41, 5.74) is 7.19. The van der Waals surface area contributed by atoms with Gasteiger partial charge >= 0.3 is 0 Å². The molecule has 1 unspecified atom stereocenters. The molecule has 0 radical (unpaired) electrons. The Kier molecular flexibility index (Phi) is 4.65. The molecular weight excluding hydrogens is 186 g/mol. The van der Waals surface area contributed by atoms with E-state index in [0.717, 1.165) is 18.7 Å². The van der Waals surface area contributed by atoms with Gasteiger partial charge in [0.1, 0.15) is 6.07 Å². The van der Waals surface area contributed by atoms with Crippen LogP contribution in [-0.2, 0) is 0 Å². The number of nitrogens with two attached hydrogens (primary N) is 1. The van der Waals surface area contributed by atoms with Crippen LogP contribution in [0, 0.1) is 17.2 Å². The van der Waals surface area contributed by atoms with Crippen LogP contribution < -0.4 is 11.1 Å². The first-order chi connectivity index (χ1) is 7.31. The summed E-state index contributed by atoms with van der Waals surface area (Å²) in [5.74, 6) is 0.469. The predicted molar refractivity (Wildman–Crippen MR) is 62.5 cm³/mol. The van der Waals surface area contributed by atoms with Gasteiger partial charge in [-0.3, -0.25) is 0 Å². The van der Waals surface area contributed by atoms with Gasteiger partial charge in [0.2, 0.25) is 0 Å². The van der Waals surface area contributed by atoms with Crippen LogP contribution in [0.25, 0.3) is 0 Å². The Morgan fingerprint density at radius 1 is 1.47 bits per heavy atom. The number of nitrogens with one attached hydrogen (secondary N) is 1. The number of anilines is 1. The second-order valence-electron chi connectivity index (χ2n) is 3.55. The molecule has 0 saturated carbocycles. The summed E-state index contributed by atoms with van der Waals surface area (Å²) in [6, 6.07) is 9.68. The average molecular weight is 203 g/mol. The van der Waals surface area contributed by atoms with Crippen molar-refractivity contribution in [2.45, 2.75) is 13.3 Å². The van der Waals surface area contributed by atoms with Crippen molar-refractivity contribution < 1.29 is 0 Å². The first-order valence-corrected chi connectivity index (χ1v) is 5.24. The number of rotatable bonds is 5. The van der Waals surface area contributed by atoms with Crippen molar-refractivity contribution in [1.29, 1.82) is 5.26 Å². The molecule has 3 nitrogen and oxygen atoms in total. The monoisotopic (exact) mass is 203 g/mol. The third-order valence-electron chi connectivity index (χ3n) is 2.54.